The highest BCUT2D eigenvalue weighted by Crippen LogP contribution is 2.21. The molecule has 1 amide bonds. The lowest BCUT2D eigenvalue weighted by molar-refractivity contribution is -0.118. The van der Waals surface area contributed by atoms with Gasteiger partial charge in [-0.05, 0) is 6.92 Å². The highest BCUT2D eigenvalue weighted by molar-refractivity contribution is 5.90. The van der Waals surface area contributed by atoms with Gasteiger partial charge in [0.25, 0.3) is 0 Å². The Balaban J connectivity index is 2.58. The van der Waals surface area contributed by atoms with Gasteiger partial charge in [0, 0.05) is 24.3 Å². The summed E-state index contributed by atoms with van der Waals surface area (Å²) in [7, 11) is 1.59. The number of rotatable bonds is 4. The molecule has 0 spiro atoms. The van der Waals surface area contributed by atoms with Gasteiger partial charge >= 0.3 is 0 Å². The summed E-state index contributed by atoms with van der Waals surface area (Å²) in [6.07, 6.45) is 0.241. The van der Waals surface area contributed by atoms with Crippen LogP contribution in [0.3, 0.4) is 0 Å². The molecule has 5 heteroatoms. The molecule has 1 unspecified atom stereocenters. The molecule has 0 saturated carbocycles. The van der Waals surface area contributed by atoms with E-state index in [1.807, 2.05) is 13.0 Å². The number of anilines is 1. The first-order chi connectivity index (χ1) is 7.82. The monoisotopic (exact) mass is 239 g/mol. The van der Waals surface area contributed by atoms with Crippen LogP contribution in [0.25, 0.3) is 0 Å². The molecule has 0 aromatic carbocycles. The molecule has 0 saturated heterocycles. The zero-order valence-corrected chi connectivity index (χ0v) is 11.1. The minimum Gasteiger partial charge on any atom is -0.381 e. The molecule has 96 valence electrons. The lowest BCUT2D eigenvalue weighted by Gasteiger charge is -2.14. The van der Waals surface area contributed by atoms with Crippen molar-refractivity contribution in [1.82, 2.24) is 10.2 Å². The van der Waals surface area contributed by atoms with Gasteiger partial charge in [0.2, 0.25) is 5.91 Å². The van der Waals surface area contributed by atoms with Gasteiger partial charge in [0.1, 0.15) is 0 Å². The highest BCUT2D eigenvalue weighted by atomic mass is 16.5. The molecule has 1 aromatic rings. The number of nitrogens with zero attached hydrogens (tertiary/aromatic N) is 1. The molecule has 0 aliphatic heterocycles. The topological polar surface area (TPSA) is 67.0 Å². The van der Waals surface area contributed by atoms with Crippen molar-refractivity contribution in [3.63, 3.8) is 0 Å². The lowest BCUT2D eigenvalue weighted by atomic mass is 9.92. The van der Waals surface area contributed by atoms with E-state index in [1.54, 1.807) is 7.11 Å². The molecule has 0 fully saturated rings. The number of nitrogens with one attached hydrogen (secondary N) is 2. The van der Waals surface area contributed by atoms with Crippen LogP contribution in [0.4, 0.5) is 5.82 Å². The van der Waals surface area contributed by atoms with Gasteiger partial charge in [-0.1, -0.05) is 20.8 Å². The predicted octanol–water partition coefficient (Wildman–Crippen LogP) is 2.07. The van der Waals surface area contributed by atoms with Crippen LogP contribution in [0.15, 0.2) is 6.07 Å². The maximum Gasteiger partial charge on any atom is 0.228 e. The molecule has 1 aromatic heterocycles. The van der Waals surface area contributed by atoms with Gasteiger partial charge in [-0.3, -0.25) is 9.89 Å². The molecule has 1 heterocycles. The summed E-state index contributed by atoms with van der Waals surface area (Å²) in [4.78, 5) is 11.6. The van der Waals surface area contributed by atoms with Crippen molar-refractivity contribution in [3.8, 4) is 0 Å². The van der Waals surface area contributed by atoms with Gasteiger partial charge < -0.3 is 10.1 Å². The Bertz CT molecular complexity index is 379. The molecule has 1 rings (SSSR count). The van der Waals surface area contributed by atoms with Crippen LogP contribution in [0, 0.1) is 0 Å². The highest BCUT2D eigenvalue weighted by Gasteiger charge is 2.17. The Morgan fingerprint density at radius 1 is 1.59 bits per heavy atom. The quantitative estimate of drug-likeness (QED) is 0.845. The molecular formula is C12H21N3O2. The molecule has 5 nitrogen and oxygen atoms in total. The summed E-state index contributed by atoms with van der Waals surface area (Å²) in [5.74, 6) is 0.467. The number of ether oxygens (including phenoxy) is 1. The molecule has 0 aliphatic rings. The normalized spacial score (nSPS) is 13.5. The minimum atomic E-state index is -0.0914. The molecule has 0 radical (unpaired) electrons. The molecule has 1 atom stereocenters. The van der Waals surface area contributed by atoms with Gasteiger partial charge in [-0.25, -0.2) is 0 Å². The number of aromatic amines is 1. The van der Waals surface area contributed by atoms with Crippen LogP contribution in [0.1, 0.15) is 39.8 Å². The van der Waals surface area contributed by atoms with E-state index in [9.17, 15) is 4.79 Å². The first kappa shape index (κ1) is 13.7. The summed E-state index contributed by atoms with van der Waals surface area (Å²) in [6.45, 7) is 8.10. The standard InChI is InChI=1S/C12H21N3O2/c1-8(17-5)6-11(16)13-10-7-9(14-15-10)12(2,3)4/h7-8H,6H2,1-5H3,(H2,13,14,15,16). The Labute approximate surface area is 102 Å². The predicted molar refractivity (Wildman–Crippen MR) is 67.0 cm³/mol. The van der Waals surface area contributed by atoms with Crippen molar-refractivity contribution in [2.45, 2.75) is 45.6 Å². The smallest absolute Gasteiger partial charge is 0.228 e. The Morgan fingerprint density at radius 3 is 2.71 bits per heavy atom. The van der Waals surface area contributed by atoms with Crippen LogP contribution >= 0.6 is 0 Å². The van der Waals surface area contributed by atoms with Crippen LogP contribution in [0.2, 0.25) is 0 Å². The maximum atomic E-state index is 11.6. The summed E-state index contributed by atoms with van der Waals surface area (Å²) in [5.41, 5.74) is 0.989. The summed E-state index contributed by atoms with van der Waals surface area (Å²) in [5, 5.41) is 9.72. The van der Waals surface area contributed by atoms with E-state index >= 15 is 0 Å². The van der Waals surface area contributed by atoms with Crippen LogP contribution in [-0.2, 0) is 14.9 Å². The Kier molecular flexibility index (Phi) is 4.28. The van der Waals surface area contributed by atoms with E-state index in [2.05, 4.69) is 36.3 Å². The zero-order chi connectivity index (χ0) is 13.1. The van der Waals surface area contributed by atoms with E-state index in [-0.39, 0.29) is 17.4 Å². The van der Waals surface area contributed by atoms with Gasteiger partial charge in [-0.2, -0.15) is 5.10 Å². The van der Waals surface area contributed by atoms with Gasteiger partial charge in [0.05, 0.1) is 12.5 Å². The average molecular weight is 239 g/mol. The summed E-state index contributed by atoms with van der Waals surface area (Å²) in [6, 6.07) is 1.86. The molecule has 0 bridgehead atoms. The fraction of sp³-hybridized carbons (Fsp3) is 0.667. The Morgan fingerprint density at radius 2 is 2.24 bits per heavy atom. The lowest BCUT2D eigenvalue weighted by Crippen LogP contribution is -2.19. The van der Waals surface area contributed by atoms with Crippen molar-refractivity contribution in [2.75, 3.05) is 12.4 Å². The van der Waals surface area contributed by atoms with Crippen molar-refractivity contribution in [1.29, 1.82) is 0 Å². The second-order valence-electron chi connectivity index (χ2n) is 5.22. The number of methoxy groups -OCH3 is 1. The van der Waals surface area contributed by atoms with Crippen molar-refractivity contribution in [3.05, 3.63) is 11.8 Å². The molecule has 0 aliphatic carbocycles. The second-order valence-corrected chi connectivity index (χ2v) is 5.22. The van der Waals surface area contributed by atoms with E-state index in [0.717, 1.165) is 5.69 Å². The number of carbonyl (C=O) groups excluding carboxylic acids is 1. The maximum absolute atomic E-state index is 11.6. The van der Waals surface area contributed by atoms with Crippen molar-refractivity contribution in [2.24, 2.45) is 0 Å². The van der Waals surface area contributed by atoms with Crippen LogP contribution in [0.5, 0.6) is 0 Å². The largest absolute Gasteiger partial charge is 0.381 e. The number of aromatic nitrogens is 2. The van der Waals surface area contributed by atoms with Gasteiger partial charge in [-0.15, -0.1) is 0 Å². The Hall–Kier alpha value is -1.36. The van der Waals surface area contributed by atoms with Gasteiger partial charge in [0.15, 0.2) is 5.82 Å². The SMILES string of the molecule is COC(C)CC(=O)Nc1cc(C(C)(C)C)[nH]n1. The minimum absolute atomic E-state index is 0.00417. The molecular weight excluding hydrogens is 218 g/mol. The second kappa shape index (κ2) is 5.31. The number of hydrogen-bond donors (Lipinski definition) is 2. The molecule has 17 heavy (non-hydrogen) atoms. The summed E-state index contributed by atoms with van der Waals surface area (Å²) >= 11 is 0. The average Bonchev–Trinajstić information content (AvgIpc) is 2.65. The zero-order valence-electron chi connectivity index (χ0n) is 11.1. The van der Waals surface area contributed by atoms with Crippen molar-refractivity contribution >= 4 is 11.7 Å². The third kappa shape index (κ3) is 4.19. The number of carbonyl (C=O) groups is 1. The molecule has 2 N–H and O–H groups in total. The fourth-order valence-corrected chi connectivity index (χ4v) is 1.31. The summed E-state index contributed by atoms with van der Waals surface area (Å²) < 4.78 is 5.03. The van der Waals surface area contributed by atoms with Crippen molar-refractivity contribution < 1.29 is 9.53 Å². The fourth-order valence-electron chi connectivity index (χ4n) is 1.31. The number of H-pyrrole nitrogens is 1. The third-order valence-electron chi connectivity index (χ3n) is 2.53. The van der Waals surface area contributed by atoms with E-state index in [0.29, 0.717) is 12.2 Å². The van der Waals surface area contributed by atoms with Crippen LogP contribution < -0.4 is 5.32 Å². The number of amides is 1. The van der Waals surface area contributed by atoms with Crippen LogP contribution in [-0.4, -0.2) is 29.3 Å². The first-order valence-corrected chi connectivity index (χ1v) is 5.71. The van der Waals surface area contributed by atoms with E-state index in [4.69, 9.17) is 4.74 Å². The van der Waals surface area contributed by atoms with E-state index in [1.165, 1.54) is 0 Å². The van der Waals surface area contributed by atoms with E-state index < -0.39 is 0 Å². The number of hydrogen-bond acceptors (Lipinski definition) is 3. The first-order valence-electron chi connectivity index (χ1n) is 5.71. The third-order valence-corrected chi connectivity index (χ3v) is 2.53.